The summed E-state index contributed by atoms with van der Waals surface area (Å²) in [4.78, 5) is 0. The molecular formula is C11H18O4. The average molecular weight is 214 g/mol. The van der Waals surface area contributed by atoms with Gasteiger partial charge in [0, 0.05) is 12.3 Å². The Bertz CT molecular complexity index is 243. The van der Waals surface area contributed by atoms with Crippen molar-refractivity contribution in [2.75, 3.05) is 13.2 Å². The fourth-order valence-corrected chi connectivity index (χ4v) is 3.20. The molecule has 86 valence electrons. The van der Waals surface area contributed by atoms with E-state index in [2.05, 4.69) is 0 Å². The van der Waals surface area contributed by atoms with Crippen molar-refractivity contribution < 1.29 is 19.7 Å². The van der Waals surface area contributed by atoms with Crippen molar-refractivity contribution in [3.05, 3.63) is 0 Å². The molecule has 0 aromatic carbocycles. The highest BCUT2D eigenvalue weighted by Crippen LogP contribution is 2.59. The lowest BCUT2D eigenvalue weighted by Gasteiger charge is -2.32. The van der Waals surface area contributed by atoms with Gasteiger partial charge in [0.15, 0.2) is 5.79 Å². The minimum Gasteiger partial charge on any atom is -0.394 e. The van der Waals surface area contributed by atoms with E-state index in [1.165, 1.54) is 12.8 Å². The van der Waals surface area contributed by atoms with Crippen molar-refractivity contribution in [3.63, 3.8) is 0 Å². The maximum atomic E-state index is 9.17. The molecule has 5 atom stereocenters. The maximum absolute atomic E-state index is 9.17. The molecule has 2 N–H and O–H groups in total. The van der Waals surface area contributed by atoms with E-state index in [4.69, 9.17) is 19.7 Å². The van der Waals surface area contributed by atoms with Gasteiger partial charge in [-0.3, -0.25) is 0 Å². The van der Waals surface area contributed by atoms with Crippen LogP contribution in [-0.2, 0) is 9.47 Å². The molecule has 15 heavy (non-hydrogen) atoms. The molecule has 0 aromatic rings. The topological polar surface area (TPSA) is 58.9 Å². The lowest BCUT2D eigenvalue weighted by atomic mass is 9.94. The molecule has 0 aromatic heterocycles. The van der Waals surface area contributed by atoms with Gasteiger partial charge in [0.2, 0.25) is 0 Å². The van der Waals surface area contributed by atoms with Crippen molar-refractivity contribution in [2.24, 2.45) is 11.8 Å². The minimum atomic E-state index is -0.469. The number of aliphatic hydroxyl groups is 2. The van der Waals surface area contributed by atoms with Gasteiger partial charge >= 0.3 is 0 Å². The van der Waals surface area contributed by atoms with E-state index < -0.39 is 5.79 Å². The largest absolute Gasteiger partial charge is 0.394 e. The van der Waals surface area contributed by atoms with E-state index >= 15 is 0 Å². The molecule has 3 rings (SSSR count). The van der Waals surface area contributed by atoms with Crippen LogP contribution in [0.25, 0.3) is 0 Å². The zero-order valence-electron chi connectivity index (χ0n) is 8.76. The van der Waals surface area contributed by atoms with Crippen LogP contribution in [0.15, 0.2) is 0 Å². The predicted molar refractivity (Wildman–Crippen MR) is 52.1 cm³/mol. The lowest BCUT2D eigenvalue weighted by molar-refractivity contribution is -0.209. The van der Waals surface area contributed by atoms with Gasteiger partial charge in [-0.05, 0) is 25.2 Å². The zero-order valence-corrected chi connectivity index (χ0v) is 8.76. The average Bonchev–Trinajstić information content (AvgIpc) is 2.96. The first kappa shape index (κ1) is 10.0. The molecule has 0 amide bonds. The first-order valence-corrected chi connectivity index (χ1v) is 5.86. The van der Waals surface area contributed by atoms with Crippen LogP contribution in [0.2, 0.25) is 0 Å². The summed E-state index contributed by atoms with van der Waals surface area (Å²) < 4.78 is 11.7. The number of fused-ring (bicyclic) bond motifs is 2. The van der Waals surface area contributed by atoms with Crippen molar-refractivity contribution in [2.45, 2.75) is 43.7 Å². The van der Waals surface area contributed by atoms with Crippen molar-refractivity contribution in [3.8, 4) is 0 Å². The van der Waals surface area contributed by atoms with Crippen LogP contribution in [0.1, 0.15) is 25.7 Å². The van der Waals surface area contributed by atoms with Gasteiger partial charge in [0.25, 0.3) is 0 Å². The van der Waals surface area contributed by atoms with Gasteiger partial charge in [-0.25, -0.2) is 0 Å². The Morgan fingerprint density at radius 3 is 2.40 bits per heavy atom. The zero-order chi connectivity index (χ0) is 10.5. The lowest BCUT2D eigenvalue weighted by Crippen LogP contribution is -2.37. The number of rotatable bonds is 2. The van der Waals surface area contributed by atoms with E-state index in [9.17, 15) is 0 Å². The molecule has 2 aliphatic carbocycles. The third-order valence-corrected chi connectivity index (χ3v) is 4.06. The number of aliphatic hydroxyl groups excluding tert-OH is 2. The van der Waals surface area contributed by atoms with Crippen molar-refractivity contribution in [1.29, 1.82) is 0 Å². The molecule has 4 unspecified atom stereocenters. The Hall–Kier alpha value is -0.160. The SMILES string of the molecule is OCC1OC2(CCCC3CC32)O[C@H]1CO. The van der Waals surface area contributed by atoms with Crippen molar-refractivity contribution >= 4 is 0 Å². The van der Waals surface area contributed by atoms with Gasteiger partial charge in [0.05, 0.1) is 13.2 Å². The molecule has 1 aliphatic heterocycles. The molecular weight excluding hydrogens is 196 g/mol. The van der Waals surface area contributed by atoms with E-state index in [1.807, 2.05) is 0 Å². The highest BCUT2D eigenvalue weighted by molar-refractivity contribution is 5.04. The fourth-order valence-electron chi connectivity index (χ4n) is 3.20. The van der Waals surface area contributed by atoms with Crippen LogP contribution < -0.4 is 0 Å². The Balaban J connectivity index is 1.77. The third-order valence-electron chi connectivity index (χ3n) is 4.06. The van der Waals surface area contributed by atoms with Gasteiger partial charge in [-0.2, -0.15) is 0 Å². The first-order valence-electron chi connectivity index (χ1n) is 5.86. The van der Waals surface area contributed by atoms with E-state index in [-0.39, 0.29) is 25.4 Å². The molecule has 4 nitrogen and oxygen atoms in total. The highest BCUT2D eigenvalue weighted by Gasteiger charge is 2.61. The standard InChI is InChI=1S/C11H18O4/c12-5-9-10(6-13)15-11(14-9)3-1-2-7-4-8(7)11/h7-10,12-13H,1-6H2/t7?,8?,9-,10?,11?/m0/s1. The maximum Gasteiger partial charge on any atom is 0.172 e. The number of hydrogen-bond donors (Lipinski definition) is 2. The molecule has 4 heteroatoms. The molecule has 2 saturated carbocycles. The smallest absolute Gasteiger partial charge is 0.172 e. The Kier molecular flexibility index (Phi) is 2.28. The molecule has 1 saturated heterocycles. The Morgan fingerprint density at radius 2 is 1.80 bits per heavy atom. The van der Waals surface area contributed by atoms with Crippen LogP contribution in [0, 0.1) is 11.8 Å². The molecule has 3 fully saturated rings. The second kappa shape index (κ2) is 3.42. The highest BCUT2D eigenvalue weighted by atomic mass is 16.8. The van der Waals surface area contributed by atoms with Crippen LogP contribution >= 0.6 is 0 Å². The predicted octanol–water partition coefficient (Wildman–Crippen LogP) is 0.271. The van der Waals surface area contributed by atoms with Gasteiger partial charge in [0.1, 0.15) is 12.2 Å². The Morgan fingerprint density at radius 1 is 1.13 bits per heavy atom. The molecule has 0 radical (unpaired) electrons. The Labute approximate surface area is 89.2 Å². The van der Waals surface area contributed by atoms with Gasteiger partial charge in [-0.1, -0.05) is 0 Å². The van der Waals surface area contributed by atoms with E-state index in [0.29, 0.717) is 5.92 Å². The molecule has 1 heterocycles. The summed E-state index contributed by atoms with van der Waals surface area (Å²) in [5.41, 5.74) is 0. The fraction of sp³-hybridized carbons (Fsp3) is 1.00. The summed E-state index contributed by atoms with van der Waals surface area (Å²) in [7, 11) is 0. The second-order valence-corrected chi connectivity index (χ2v) is 4.98. The van der Waals surface area contributed by atoms with E-state index in [0.717, 1.165) is 18.8 Å². The number of hydrogen-bond acceptors (Lipinski definition) is 4. The molecule has 0 bridgehead atoms. The van der Waals surface area contributed by atoms with Gasteiger partial charge in [-0.15, -0.1) is 0 Å². The minimum absolute atomic E-state index is 0.0651. The van der Waals surface area contributed by atoms with E-state index in [1.54, 1.807) is 0 Å². The molecule has 1 spiro atoms. The second-order valence-electron chi connectivity index (χ2n) is 4.98. The first-order chi connectivity index (χ1) is 7.29. The summed E-state index contributed by atoms with van der Waals surface area (Å²) in [5, 5.41) is 18.3. The van der Waals surface area contributed by atoms with Crippen molar-refractivity contribution in [1.82, 2.24) is 0 Å². The quantitative estimate of drug-likeness (QED) is 0.693. The summed E-state index contributed by atoms with van der Waals surface area (Å²) in [6.45, 7) is -0.130. The molecule has 3 aliphatic rings. The monoisotopic (exact) mass is 214 g/mol. The summed E-state index contributed by atoms with van der Waals surface area (Å²) in [6, 6.07) is 0. The summed E-state index contributed by atoms with van der Waals surface area (Å²) in [5.74, 6) is 0.802. The summed E-state index contributed by atoms with van der Waals surface area (Å²) >= 11 is 0. The van der Waals surface area contributed by atoms with Crippen LogP contribution in [0.3, 0.4) is 0 Å². The van der Waals surface area contributed by atoms with Crippen LogP contribution in [0.5, 0.6) is 0 Å². The van der Waals surface area contributed by atoms with Crippen LogP contribution in [0.4, 0.5) is 0 Å². The third kappa shape index (κ3) is 1.43. The normalized spacial score (nSPS) is 53.2. The summed E-state index contributed by atoms with van der Waals surface area (Å²) in [6.07, 6.45) is 3.85. The van der Waals surface area contributed by atoms with Crippen LogP contribution in [-0.4, -0.2) is 41.4 Å². The van der Waals surface area contributed by atoms with Gasteiger partial charge < -0.3 is 19.7 Å². The number of ether oxygens (including phenoxy) is 2.